The Balaban J connectivity index is 1.22. The monoisotopic (exact) mass is 541 g/mol. The van der Waals surface area contributed by atoms with Crippen molar-refractivity contribution in [2.45, 2.75) is 31.8 Å². The quantitative estimate of drug-likeness (QED) is 0.440. The molecule has 0 spiro atoms. The van der Waals surface area contributed by atoms with E-state index in [1.165, 1.54) is 5.56 Å². The topological polar surface area (TPSA) is 99.2 Å². The van der Waals surface area contributed by atoms with Crippen molar-refractivity contribution in [3.63, 3.8) is 0 Å². The first-order chi connectivity index (χ1) is 19.4. The number of carboxylic acids is 1. The van der Waals surface area contributed by atoms with Crippen molar-refractivity contribution >= 4 is 18.0 Å². The number of carbonyl (C=O) groups is 3. The van der Waals surface area contributed by atoms with Crippen LogP contribution in [0.5, 0.6) is 0 Å². The van der Waals surface area contributed by atoms with Crippen LogP contribution in [-0.4, -0.2) is 71.7 Å². The third-order valence-electron chi connectivity index (χ3n) is 7.66. The number of carboxylic acid groups (broad SMARTS) is 1. The number of benzene rings is 3. The van der Waals surface area contributed by atoms with Crippen LogP contribution >= 0.6 is 0 Å². The molecule has 0 aromatic heterocycles. The zero-order valence-corrected chi connectivity index (χ0v) is 22.7. The van der Waals surface area contributed by atoms with Gasteiger partial charge < -0.3 is 20.1 Å². The van der Waals surface area contributed by atoms with Crippen LogP contribution in [0.3, 0.4) is 0 Å². The number of nitrogens with one attached hydrogen (secondary N) is 1. The van der Waals surface area contributed by atoms with Gasteiger partial charge in [0, 0.05) is 38.6 Å². The van der Waals surface area contributed by atoms with E-state index in [1.807, 2.05) is 54.6 Å². The molecule has 0 radical (unpaired) electrons. The Kier molecular flexibility index (Phi) is 8.45. The molecule has 40 heavy (non-hydrogen) atoms. The van der Waals surface area contributed by atoms with Crippen LogP contribution in [0.2, 0.25) is 0 Å². The molecule has 1 aliphatic carbocycles. The zero-order valence-electron chi connectivity index (χ0n) is 22.7. The van der Waals surface area contributed by atoms with Gasteiger partial charge >= 0.3 is 12.1 Å². The summed E-state index contributed by atoms with van der Waals surface area (Å²) >= 11 is 0. The maximum Gasteiger partial charge on any atom is 0.407 e. The lowest BCUT2D eigenvalue weighted by atomic mass is 9.98. The Hall–Kier alpha value is -4.17. The fraction of sp³-hybridized carbons (Fsp3) is 0.344. The molecule has 208 valence electrons. The molecule has 2 aliphatic rings. The number of carbonyl (C=O) groups excluding carboxylic acids is 2. The SMILES string of the molecule is CC1CN(Cc2ccccc2)CCN(C(=O)C(CC(=O)O)NC(=O)OCC2c3ccccc3-c3ccccc32)C1. The summed E-state index contributed by atoms with van der Waals surface area (Å²) in [5, 5.41) is 12.1. The summed E-state index contributed by atoms with van der Waals surface area (Å²) in [4.78, 5) is 42.0. The highest BCUT2D eigenvalue weighted by Crippen LogP contribution is 2.44. The number of fused-ring (bicyclic) bond motifs is 3. The summed E-state index contributed by atoms with van der Waals surface area (Å²) in [6.07, 6.45) is -1.31. The lowest BCUT2D eigenvalue weighted by Crippen LogP contribution is -2.51. The predicted molar refractivity (Wildman–Crippen MR) is 152 cm³/mol. The van der Waals surface area contributed by atoms with Crippen LogP contribution in [0.15, 0.2) is 78.9 Å². The van der Waals surface area contributed by atoms with Gasteiger partial charge in [-0.1, -0.05) is 85.8 Å². The molecule has 8 heteroatoms. The van der Waals surface area contributed by atoms with E-state index < -0.39 is 30.4 Å². The summed E-state index contributed by atoms with van der Waals surface area (Å²) in [6.45, 7) is 5.38. The molecule has 2 amide bonds. The zero-order chi connectivity index (χ0) is 28.1. The molecule has 5 rings (SSSR count). The summed E-state index contributed by atoms with van der Waals surface area (Å²) in [5.74, 6) is -1.50. The Bertz CT molecular complexity index is 1320. The molecule has 1 fully saturated rings. The second-order valence-corrected chi connectivity index (χ2v) is 10.7. The van der Waals surface area contributed by atoms with Crippen molar-refractivity contribution in [2.24, 2.45) is 5.92 Å². The first-order valence-electron chi connectivity index (χ1n) is 13.8. The third-order valence-corrected chi connectivity index (χ3v) is 7.66. The van der Waals surface area contributed by atoms with E-state index in [1.54, 1.807) is 4.90 Å². The van der Waals surface area contributed by atoms with Crippen LogP contribution in [-0.2, 0) is 20.9 Å². The maximum absolute atomic E-state index is 13.5. The molecule has 2 N–H and O–H groups in total. The molecule has 0 saturated carbocycles. The minimum Gasteiger partial charge on any atom is -0.481 e. The summed E-state index contributed by atoms with van der Waals surface area (Å²) < 4.78 is 5.60. The molecule has 1 heterocycles. The van der Waals surface area contributed by atoms with Crippen molar-refractivity contribution in [1.29, 1.82) is 0 Å². The van der Waals surface area contributed by atoms with E-state index in [0.717, 1.165) is 35.3 Å². The molecule has 0 bridgehead atoms. The number of hydrogen-bond acceptors (Lipinski definition) is 5. The van der Waals surface area contributed by atoms with E-state index in [9.17, 15) is 19.5 Å². The number of nitrogens with zero attached hydrogens (tertiary/aromatic N) is 2. The molecular weight excluding hydrogens is 506 g/mol. The lowest BCUT2D eigenvalue weighted by molar-refractivity contribution is -0.142. The van der Waals surface area contributed by atoms with Gasteiger partial charge in [-0.25, -0.2) is 4.79 Å². The highest BCUT2D eigenvalue weighted by molar-refractivity contribution is 5.89. The van der Waals surface area contributed by atoms with Crippen LogP contribution in [0.4, 0.5) is 4.79 Å². The second kappa shape index (κ2) is 12.3. The summed E-state index contributed by atoms with van der Waals surface area (Å²) in [6, 6.07) is 25.0. The van der Waals surface area contributed by atoms with E-state index in [0.29, 0.717) is 19.6 Å². The minimum absolute atomic E-state index is 0.0863. The average Bonchev–Trinajstić information content (AvgIpc) is 3.14. The number of amides is 2. The van der Waals surface area contributed by atoms with Gasteiger partial charge in [0.1, 0.15) is 12.6 Å². The van der Waals surface area contributed by atoms with E-state index in [2.05, 4.69) is 41.4 Å². The number of hydrogen-bond donors (Lipinski definition) is 2. The molecule has 2 atom stereocenters. The first-order valence-corrected chi connectivity index (χ1v) is 13.8. The standard InChI is InChI=1S/C32H35N3O5/c1-22-18-34(20-23-9-3-2-4-10-23)15-16-35(19-22)31(38)29(17-30(36)37)33-32(39)40-21-28-26-13-7-5-11-24(26)25-12-6-8-14-27(25)28/h2-14,22,28-29H,15-21H2,1H3,(H,33,39)(H,36,37). The fourth-order valence-electron chi connectivity index (χ4n) is 5.88. The minimum atomic E-state index is -1.21. The van der Waals surface area contributed by atoms with Gasteiger partial charge in [-0.05, 0) is 33.7 Å². The highest BCUT2D eigenvalue weighted by Gasteiger charge is 2.33. The Morgan fingerprint density at radius 2 is 1.52 bits per heavy atom. The molecular formula is C32H35N3O5. The predicted octanol–water partition coefficient (Wildman–Crippen LogP) is 4.35. The van der Waals surface area contributed by atoms with Crippen LogP contribution < -0.4 is 5.32 Å². The van der Waals surface area contributed by atoms with Gasteiger partial charge in [0.15, 0.2) is 0 Å². The van der Waals surface area contributed by atoms with Gasteiger partial charge in [-0.15, -0.1) is 0 Å². The largest absolute Gasteiger partial charge is 0.481 e. The Labute approximate surface area is 234 Å². The van der Waals surface area contributed by atoms with Gasteiger partial charge in [-0.3, -0.25) is 14.5 Å². The maximum atomic E-state index is 13.5. The molecule has 1 aliphatic heterocycles. The molecule has 3 aromatic rings. The van der Waals surface area contributed by atoms with Crippen molar-refractivity contribution in [3.05, 3.63) is 95.6 Å². The van der Waals surface area contributed by atoms with Gasteiger partial charge in [0.25, 0.3) is 0 Å². The van der Waals surface area contributed by atoms with Crippen molar-refractivity contribution in [2.75, 3.05) is 32.8 Å². The first kappa shape index (κ1) is 27.4. The smallest absolute Gasteiger partial charge is 0.407 e. The van der Waals surface area contributed by atoms with E-state index >= 15 is 0 Å². The van der Waals surface area contributed by atoms with Crippen molar-refractivity contribution < 1.29 is 24.2 Å². The molecule has 1 saturated heterocycles. The average molecular weight is 542 g/mol. The summed E-state index contributed by atoms with van der Waals surface area (Å²) in [7, 11) is 0. The van der Waals surface area contributed by atoms with Crippen molar-refractivity contribution in [1.82, 2.24) is 15.1 Å². The van der Waals surface area contributed by atoms with Gasteiger partial charge in [0.2, 0.25) is 5.91 Å². The Morgan fingerprint density at radius 1 is 0.900 bits per heavy atom. The van der Waals surface area contributed by atoms with Crippen LogP contribution in [0.25, 0.3) is 11.1 Å². The Morgan fingerprint density at radius 3 is 2.17 bits per heavy atom. The number of alkyl carbamates (subject to hydrolysis) is 1. The summed E-state index contributed by atoms with van der Waals surface area (Å²) in [5.41, 5.74) is 5.59. The highest BCUT2D eigenvalue weighted by atomic mass is 16.5. The lowest BCUT2D eigenvalue weighted by Gasteiger charge is -2.27. The van der Waals surface area contributed by atoms with Gasteiger partial charge in [-0.2, -0.15) is 0 Å². The number of ether oxygens (including phenoxy) is 1. The van der Waals surface area contributed by atoms with Crippen molar-refractivity contribution in [3.8, 4) is 11.1 Å². The third kappa shape index (κ3) is 6.34. The van der Waals surface area contributed by atoms with E-state index in [-0.39, 0.29) is 18.4 Å². The number of aliphatic carboxylic acids is 1. The van der Waals surface area contributed by atoms with Crippen LogP contribution in [0, 0.1) is 5.92 Å². The number of rotatable bonds is 8. The molecule has 2 unspecified atom stereocenters. The van der Waals surface area contributed by atoms with E-state index in [4.69, 9.17) is 4.74 Å². The second-order valence-electron chi connectivity index (χ2n) is 10.7. The fourth-order valence-corrected chi connectivity index (χ4v) is 5.88. The molecule has 3 aromatic carbocycles. The normalized spacial score (nSPS) is 17.8. The van der Waals surface area contributed by atoms with Gasteiger partial charge in [0.05, 0.1) is 6.42 Å². The van der Waals surface area contributed by atoms with Crippen LogP contribution in [0.1, 0.15) is 36.0 Å². The molecule has 8 nitrogen and oxygen atoms in total.